The van der Waals surface area contributed by atoms with E-state index in [1.807, 2.05) is 6.92 Å². The van der Waals surface area contributed by atoms with Crippen LogP contribution in [0.4, 0.5) is 5.82 Å². The van der Waals surface area contributed by atoms with Gasteiger partial charge in [-0.15, -0.1) is 0 Å². The number of aromatic nitrogens is 2. The Balaban J connectivity index is 2.99. The minimum atomic E-state index is 0.531. The van der Waals surface area contributed by atoms with Gasteiger partial charge in [0.05, 0.1) is 10.2 Å². The Morgan fingerprint density at radius 2 is 2.00 bits per heavy atom. The number of nitrogens with zero attached hydrogens (tertiary/aromatic N) is 2. The van der Waals surface area contributed by atoms with Gasteiger partial charge in [0, 0.05) is 6.42 Å². The van der Waals surface area contributed by atoms with Crippen molar-refractivity contribution in [3.05, 3.63) is 16.0 Å². The highest BCUT2D eigenvalue weighted by molar-refractivity contribution is 9.10. The Bertz CT molecular complexity index is 287. The van der Waals surface area contributed by atoms with E-state index < -0.39 is 0 Å². The molecular weight excluding hydrogens is 230 g/mol. The summed E-state index contributed by atoms with van der Waals surface area (Å²) in [5.41, 5.74) is 6.60. The molecule has 1 aromatic rings. The van der Waals surface area contributed by atoms with Gasteiger partial charge in [-0.25, -0.2) is 9.97 Å². The first-order valence-corrected chi connectivity index (χ1v) is 5.08. The molecule has 0 aliphatic rings. The van der Waals surface area contributed by atoms with E-state index in [9.17, 15) is 0 Å². The van der Waals surface area contributed by atoms with E-state index in [4.69, 9.17) is 5.73 Å². The summed E-state index contributed by atoms with van der Waals surface area (Å²) in [4.78, 5) is 8.53. The van der Waals surface area contributed by atoms with Gasteiger partial charge in [-0.1, -0.05) is 13.8 Å². The van der Waals surface area contributed by atoms with Crippen LogP contribution in [0, 0.1) is 12.8 Å². The molecule has 0 spiro atoms. The van der Waals surface area contributed by atoms with Crippen molar-refractivity contribution in [3.63, 3.8) is 0 Å². The maximum atomic E-state index is 5.70. The zero-order valence-electron chi connectivity index (χ0n) is 8.13. The smallest absolute Gasteiger partial charge is 0.141 e. The minimum absolute atomic E-state index is 0.531. The molecule has 0 saturated carbocycles. The van der Waals surface area contributed by atoms with Crippen molar-refractivity contribution in [2.45, 2.75) is 27.2 Å². The molecule has 4 heteroatoms. The second kappa shape index (κ2) is 4.05. The van der Waals surface area contributed by atoms with E-state index in [1.165, 1.54) is 0 Å². The van der Waals surface area contributed by atoms with Crippen LogP contribution in [-0.2, 0) is 6.42 Å². The molecular formula is C9H14BrN3. The van der Waals surface area contributed by atoms with Crippen molar-refractivity contribution in [1.82, 2.24) is 9.97 Å². The maximum Gasteiger partial charge on any atom is 0.141 e. The fourth-order valence-electron chi connectivity index (χ4n) is 1.10. The highest BCUT2D eigenvalue weighted by atomic mass is 79.9. The normalized spacial score (nSPS) is 10.8. The third kappa shape index (κ3) is 2.66. The van der Waals surface area contributed by atoms with Crippen molar-refractivity contribution in [1.29, 1.82) is 0 Å². The number of nitrogen functional groups attached to an aromatic ring is 1. The number of aryl methyl sites for hydroxylation is 1. The molecule has 0 aliphatic heterocycles. The first-order valence-electron chi connectivity index (χ1n) is 4.29. The molecule has 0 radical (unpaired) electrons. The van der Waals surface area contributed by atoms with Crippen LogP contribution < -0.4 is 5.73 Å². The number of halogens is 1. The molecule has 0 atom stereocenters. The van der Waals surface area contributed by atoms with Gasteiger partial charge in [-0.05, 0) is 28.8 Å². The second-order valence-electron chi connectivity index (χ2n) is 3.52. The van der Waals surface area contributed by atoms with Crippen molar-refractivity contribution >= 4 is 21.7 Å². The molecule has 0 bridgehead atoms. The van der Waals surface area contributed by atoms with Crippen LogP contribution in [0.5, 0.6) is 0 Å². The third-order valence-corrected chi connectivity index (χ3v) is 2.66. The van der Waals surface area contributed by atoms with Crippen molar-refractivity contribution < 1.29 is 0 Å². The molecule has 72 valence electrons. The van der Waals surface area contributed by atoms with Crippen LogP contribution in [-0.4, -0.2) is 9.97 Å². The van der Waals surface area contributed by atoms with Crippen LogP contribution >= 0.6 is 15.9 Å². The summed E-state index contributed by atoms with van der Waals surface area (Å²) in [7, 11) is 0. The van der Waals surface area contributed by atoms with Crippen LogP contribution in [0.2, 0.25) is 0 Å². The summed E-state index contributed by atoms with van der Waals surface area (Å²) < 4.78 is 0.806. The van der Waals surface area contributed by atoms with Gasteiger partial charge in [0.2, 0.25) is 0 Å². The quantitative estimate of drug-likeness (QED) is 0.868. The summed E-state index contributed by atoms with van der Waals surface area (Å²) in [6, 6.07) is 0. The summed E-state index contributed by atoms with van der Waals surface area (Å²) in [5, 5.41) is 0. The fraction of sp³-hybridized carbons (Fsp3) is 0.556. The summed E-state index contributed by atoms with van der Waals surface area (Å²) >= 11 is 3.33. The Morgan fingerprint density at radius 3 is 2.46 bits per heavy atom. The fourth-order valence-corrected chi connectivity index (χ4v) is 1.27. The Morgan fingerprint density at radius 1 is 1.38 bits per heavy atom. The standard InChI is InChI=1S/C9H14BrN3/c1-5(2)4-7-12-6(3)8(10)9(11)13-7/h5H,4H2,1-3H3,(H2,11,12,13). The monoisotopic (exact) mass is 243 g/mol. The zero-order valence-corrected chi connectivity index (χ0v) is 9.72. The molecule has 13 heavy (non-hydrogen) atoms. The maximum absolute atomic E-state index is 5.70. The number of nitrogens with two attached hydrogens (primary N) is 1. The predicted octanol–water partition coefficient (Wildman–Crippen LogP) is 2.33. The number of anilines is 1. The van der Waals surface area contributed by atoms with Gasteiger partial charge >= 0.3 is 0 Å². The second-order valence-corrected chi connectivity index (χ2v) is 4.32. The third-order valence-electron chi connectivity index (χ3n) is 1.68. The minimum Gasteiger partial charge on any atom is -0.383 e. The lowest BCUT2D eigenvalue weighted by Crippen LogP contribution is -2.06. The van der Waals surface area contributed by atoms with Gasteiger partial charge in [0.15, 0.2) is 0 Å². The molecule has 0 unspecified atom stereocenters. The summed E-state index contributed by atoms with van der Waals surface area (Å²) in [5.74, 6) is 1.91. The van der Waals surface area contributed by atoms with Crippen LogP contribution in [0.1, 0.15) is 25.4 Å². The lowest BCUT2D eigenvalue weighted by molar-refractivity contribution is 0.619. The molecule has 1 aromatic heterocycles. The van der Waals surface area contributed by atoms with Gasteiger partial charge in [-0.2, -0.15) is 0 Å². The lowest BCUT2D eigenvalue weighted by Gasteiger charge is -2.07. The van der Waals surface area contributed by atoms with Crippen molar-refractivity contribution in [2.75, 3.05) is 5.73 Å². The molecule has 0 fully saturated rings. The lowest BCUT2D eigenvalue weighted by atomic mass is 10.1. The largest absolute Gasteiger partial charge is 0.383 e. The highest BCUT2D eigenvalue weighted by Crippen LogP contribution is 2.20. The van der Waals surface area contributed by atoms with Crippen molar-refractivity contribution in [2.24, 2.45) is 5.92 Å². The predicted molar refractivity (Wildman–Crippen MR) is 57.4 cm³/mol. The number of hydrogen-bond acceptors (Lipinski definition) is 3. The molecule has 0 saturated heterocycles. The molecule has 0 aromatic carbocycles. The van der Waals surface area contributed by atoms with Gasteiger partial charge in [0.1, 0.15) is 11.6 Å². The van der Waals surface area contributed by atoms with E-state index in [0.29, 0.717) is 11.7 Å². The van der Waals surface area contributed by atoms with E-state index >= 15 is 0 Å². The molecule has 0 amide bonds. The van der Waals surface area contributed by atoms with Crippen LogP contribution in [0.25, 0.3) is 0 Å². The van der Waals surface area contributed by atoms with Crippen molar-refractivity contribution in [3.8, 4) is 0 Å². The Kier molecular flexibility index (Phi) is 3.25. The molecule has 3 nitrogen and oxygen atoms in total. The van der Waals surface area contributed by atoms with E-state index in [2.05, 4.69) is 39.7 Å². The van der Waals surface area contributed by atoms with Crippen LogP contribution in [0.3, 0.4) is 0 Å². The molecule has 1 heterocycles. The van der Waals surface area contributed by atoms with Gasteiger partial charge < -0.3 is 5.73 Å². The average Bonchev–Trinajstić information content (AvgIpc) is 1.98. The number of rotatable bonds is 2. The SMILES string of the molecule is Cc1nc(CC(C)C)nc(N)c1Br. The van der Waals surface area contributed by atoms with E-state index in [1.54, 1.807) is 0 Å². The first-order chi connectivity index (χ1) is 6.00. The molecule has 0 aliphatic carbocycles. The average molecular weight is 244 g/mol. The first kappa shape index (κ1) is 10.4. The Hall–Kier alpha value is -0.640. The summed E-state index contributed by atoms with van der Waals surface area (Å²) in [6.07, 6.45) is 0.873. The topological polar surface area (TPSA) is 51.8 Å². The zero-order chi connectivity index (χ0) is 10.0. The van der Waals surface area contributed by atoms with Crippen LogP contribution in [0.15, 0.2) is 4.47 Å². The van der Waals surface area contributed by atoms with Gasteiger partial charge in [0.25, 0.3) is 0 Å². The molecule has 1 rings (SSSR count). The van der Waals surface area contributed by atoms with E-state index in [0.717, 1.165) is 22.4 Å². The summed E-state index contributed by atoms with van der Waals surface area (Å²) in [6.45, 7) is 6.19. The Labute approximate surface area is 86.9 Å². The van der Waals surface area contributed by atoms with Gasteiger partial charge in [-0.3, -0.25) is 0 Å². The molecule has 2 N–H and O–H groups in total. The highest BCUT2D eigenvalue weighted by Gasteiger charge is 2.07. The van der Waals surface area contributed by atoms with E-state index in [-0.39, 0.29) is 0 Å². The number of hydrogen-bond donors (Lipinski definition) is 1.